The van der Waals surface area contributed by atoms with Crippen molar-refractivity contribution >= 4 is 11.4 Å². The van der Waals surface area contributed by atoms with Gasteiger partial charge in [0.1, 0.15) is 5.56 Å². The summed E-state index contributed by atoms with van der Waals surface area (Å²) in [5.41, 5.74) is -0.668. The van der Waals surface area contributed by atoms with Crippen LogP contribution in [-0.2, 0) is 0 Å². The van der Waals surface area contributed by atoms with Gasteiger partial charge in [-0.25, -0.2) is 0 Å². The Labute approximate surface area is 84.6 Å². The van der Waals surface area contributed by atoms with Gasteiger partial charge in [0, 0.05) is 6.07 Å². The van der Waals surface area contributed by atoms with Crippen molar-refractivity contribution in [1.29, 1.82) is 0 Å². The van der Waals surface area contributed by atoms with E-state index < -0.39 is 9.85 Å². The largest absolute Gasteiger partial charge is 0.490 e. The van der Waals surface area contributed by atoms with Gasteiger partial charge >= 0.3 is 5.69 Å². The topological polar surface area (TPSA) is 95.5 Å². The second-order valence-corrected chi connectivity index (χ2v) is 2.77. The number of benzene rings is 1. The minimum atomic E-state index is -0.693. The summed E-state index contributed by atoms with van der Waals surface area (Å²) in [6, 6.07) is 2.39. The number of methoxy groups -OCH3 is 1. The molecule has 0 saturated carbocycles. The van der Waals surface area contributed by atoms with E-state index in [2.05, 4.69) is 0 Å². The van der Waals surface area contributed by atoms with Gasteiger partial charge in [0.05, 0.1) is 17.0 Å². The molecule has 7 nitrogen and oxygen atoms in total. The lowest BCUT2D eigenvalue weighted by Crippen LogP contribution is -2.00. The number of hydrogen-bond donors (Lipinski definition) is 0. The van der Waals surface area contributed by atoms with E-state index in [1.807, 2.05) is 0 Å². The first-order valence-electron chi connectivity index (χ1n) is 3.95. The number of ether oxygens (including phenoxy) is 1. The van der Waals surface area contributed by atoms with Crippen LogP contribution in [0, 0.1) is 27.2 Å². The molecule has 0 spiro atoms. The van der Waals surface area contributed by atoms with E-state index in [-0.39, 0.29) is 22.7 Å². The van der Waals surface area contributed by atoms with Crippen molar-refractivity contribution in [3.05, 3.63) is 37.9 Å². The van der Waals surface area contributed by atoms with Crippen molar-refractivity contribution in [2.75, 3.05) is 7.11 Å². The summed E-state index contributed by atoms with van der Waals surface area (Å²) < 4.78 is 4.76. The van der Waals surface area contributed by atoms with E-state index in [1.54, 1.807) is 0 Å². The van der Waals surface area contributed by atoms with Crippen LogP contribution in [0.25, 0.3) is 0 Å². The van der Waals surface area contributed by atoms with Crippen LogP contribution in [0.3, 0.4) is 0 Å². The number of nitro benzene ring substituents is 2. The fourth-order valence-corrected chi connectivity index (χ4v) is 1.25. The van der Waals surface area contributed by atoms with Gasteiger partial charge in [-0.05, 0) is 13.0 Å². The molecule has 0 fully saturated rings. The highest BCUT2D eigenvalue weighted by Gasteiger charge is 2.26. The molecule has 0 bridgehead atoms. The molecule has 0 aliphatic heterocycles. The highest BCUT2D eigenvalue weighted by Crippen LogP contribution is 2.35. The minimum Gasteiger partial charge on any atom is -0.490 e. The van der Waals surface area contributed by atoms with Crippen LogP contribution in [0.1, 0.15) is 5.56 Å². The Morgan fingerprint density at radius 3 is 2.20 bits per heavy atom. The van der Waals surface area contributed by atoms with Crippen LogP contribution in [-0.4, -0.2) is 17.0 Å². The van der Waals surface area contributed by atoms with E-state index in [4.69, 9.17) is 4.74 Å². The Morgan fingerprint density at radius 2 is 1.80 bits per heavy atom. The van der Waals surface area contributed by atoms with Gasteiger partial charge in [0.2, 0.25) is 0 Å². The first kappa shape index (κ1) is 10.9. The van der Waals surface area contributed by atoms with Crippen molar-refractivity contribution in [1.82, 2.24) is 0 Å². The molecular formula is C8H8N2O5. The van der Waals surface area contributed by atoms with Crippen molar-refractivity contribution in [3.63, 3.8) is 0 Å². The van der Waals surface area contributed by atoms with Crippen LogP contribution in [0.15, 0.2) is 12.1 Å². The molecule has 7 heteroatoms. The van der Waals surface area contributed by atoms with Crippen LogP contribution in [0.4, 0.5) is 11.4 Å². The monoisotopic (exact) mass is 212 g/mol. The van der Waals surface area contributed by atoms with Gasteiger partial charge in [-0.3, -0.25) is 20.2 Å². The Bertz CT molecular complexity index is 429. The van der Waals surface area contributed by atoms with Crippen molar-refractivity contribution in [2.45, 2.75) is 6.92 Å². The third kappa shape index (κ3) is 1.85. The average Bonchev–Trinajstić information content (AvgIpc) is 2.15. The molecule has 1 rings (SSSR count). The lowest BCUT2D eigenvalue weighted by molar-refractivity contribution is -0.395. The van der Waals surface area contributed by atoms with E-state index in [9.17, 15) is 20.2 Å². The summed E-state index contributed by atoms with van der Waals surface area (Å²) in [7, 11) is 1.27. The molecule has 0 heterocycles. The van der Waals surface area contributed by atoms with E-state index >= 15 is 0 Å². The standard InChI is InChI=1S/C8H8N2O5/c1-5-6(9(11)12)3-4-7(15-2)8(5)10(13)14/h3-4H,1-2H3. The summed E-state index contributed by atoms with van der Waals surface area (Å²) in [4.78, 5) is 19.9. The Kier molecular flexibility index (Phi) is 2.84. The average molecular weight is 212 g/mol. The molecule has 0 unspecified atom stereocenters. The molecule has 0 N–H and O–H groups in total. The van der Waals surface area contributed by atoms with Gasteiger partial charge < -0.3 is 4.74 Å². The summed E-state index contributed by atoms with van der Waals surface area (Å²) >= 11 is 0. The normalized spacial score (nSPS) is 9.73. The Morgan fingerprint density at radius 1 is 1.20 bits per heavy atom. The van der Waals surface area contributed by atoms with Gasteiger partial charge in [-0.15, -0.1) is 0 Å². The maximum atomic E-state index is 10.7. The van der Waals surface area contributed by atoms with Gasteiger partial charge in [-0.2, -0.15) is 0 Å². The van der Waals surface area contributed by atoms with E-state index in [1.165, 1.54) is 26.2 Å². The quantitative estimate of drug-likeness (QED) is 0.562. The first-order chi connectivity index (χ1) is 6.99. The minimum absolute atomic E-state index is 0.00986. The Balaban J connectivity index is 3.49. The summed E-state index contributed by atoms with van der Waals surface area (Å²) in [6.45, 7) is 1.32. The van der Waals surface area contributed by atoms with Gasteiger partial charge in [0.15, 0.2) is 5.75 Å². The maximum Gasteiger partial charge on any atom is 0.320 e. The second kappa shape index (κ2) is 3.91. The first-order valence-corrected chi connectivity index (χ1v) is 3.95. The zero-order valence-corrected chi connectivity index (χ0v) is 8.09. The molecule has 0 atom stereocenters. The van der Waals surface area contributed by atoms with E-state index in [0.717, 1.165) is 0 Å². The number of nitrogens with zero attached hydrogens (tertiary/aromatic N) is 2. The third-order valence-corrected chi connectivity index (χ3v) is 1.96. The zero-order valence-electron chi connectivity index (χ0n) is 8.09. The number of rotatable bonds is 3. The number of nitro groups is 2. The summed E-state index contributed by atoms with van der Waals surface area (Å²) in [6.07, 6.45) is 0. The fraction of sp³-hybridized carbons (Fsp3) is 0.250. The molecule has 15 heavy (non-hydrogen) atoms. The molecule has 0 radical (unpaired) electrons. The van der Waals surface area contributed by atoms with Crippen molar-refractivity contribution in [2.24, 2.45) is 0 Å². The third-order valence-electron chi connectivity index (χ3n) is 1.96. The molecule has 1 aromatic carbocycles. The van der Waals surface area contributed by atoms with Crippen LogP contribution >= 0.6 is 0 Å². The van der Waals surface area contributed by atoms with Crippen LogP contribution < -0.4 is 4.74 Å². The second-order valence-electron chi connectivity index (χ2n) is 2.77. The molecule has 0 aliphatic rings. The lowest BCUT2D eigenvalue weighted by Gasteiger charge is -2.03. The van der Waals surface area contributed by atoms with Crippen LogP contribution in [0.2, 0.25) is 0 Å². The number of hydrogen-bond acceptors (Lipinski definition) is 5. The molecule has 1 aromatic rings. The molecule has 0 saturated heterocycles. The highest BCUT2D eigenvalue weighted by molar-refractivity contribution is 5.60. The zero-order chi connectivity index (χ0) is 11.6. The SMILES string of the molecule is COc1ccc([N+](=O)[O-])c(C)c1[N+](=O)[O-]. The molecule has 0 aliphatic carbocycles. The highest BCUT2D eigenvalue weighted by atomic mass is 16.6. The predicted molar refractivity (Wildman–Crippen MR) is 51.0 cm³/mol. The smallest absolute Gasteiger partial charge is 0.320 e. The van der Waals surface area contributed by atoms with E-state index in [0.29, 0.717) is 0 Å². The van der Waals surface area contributed by atoms with Gasteiger partial charge in [-0.1, -0.05) is 0 Å². The summed E-state index contributed by atoms with van der Waals surface area (Å²) in [5, 5.41) is 21.2. The molecule has 80 valence electrons. The van der Waals surface area contributed by atoms with Crippen LogP contribution in [0.5, 0.6) is 5.75 Å². The Hall–Kier alpha value is -2.18. The summed E-state index contributed by atoms with van der Waals surface area (Å²) in [5.74, 6) is 0.0168. The molecular weight excluding hydrogens is 204 g/mol. The molecule has 0 aromatic heterocycles. The predicted octanol–water partition coefficient (Wildman–Crippen LogP) is 1.82. The fourth-order valence-electron chi connectivity index (χ4n) is 1.25. The lowest BCUT2D eigenvalue weighted by atomic mass is 10.1. The maximum absolute atomic E-state index is 10.7. The van der Waals surface area contributed by atoms with Crippen molar-refractivity contribution in [3.8, 4) is 5.75 Å². The van der Waals surface area contributed by atoms with Crippen molar-refractivity contribution < 1.29 is 14.6 Å². The molecule has 0 amide bonds. The van der Waals surface area contributed by atoms with Gasteiger partial charge in [0.25, 0.3) is 5.69 Å².